The van der Waals surface area contributed by atoms with Gasteiger partial charge in [-0.05, 0) is 28.9 Å². The number of ether oxygens (including phenoxy) is 2. The van der Waals surface area contributed by atoms with Crippen molar-refractivity contribution < 1.29 is 14.3 Å². The molecule has 0 aliphatic heterocycles. The van der Waals surface area contributed by atoms with E-state index in [2.05, 4.69) is 25.9 Å². The minimum Gasteiger partial charge on any atom is -0.466 e. The third kappa shape index (κ3) is 3.03. The Hall–Kier alpha value is -1.43. The smallest absolute Gasteiger partial charge is 0.321 e. The van der Waals surface area contributed by atoms with E-state index in [1.165, 1.54) is 0 Å². The average Bonchev–Trinajstić information content (AvgIpc) is 2.25. The maximum atomic E-state index is 11.3. The molecule has 0 saturated heterocycles. The second-order valence-electron chi connectivity index (χ2n) is 3.48. The highest BCUT2D eigenvalue weighted by Crippen LogP contribution is 2.28. The first-order valence-electron chi connectivity index (χ1n) is 5.21. The van der Waals surface area contributed by atoms with Crippen molar-refractivity contribution in [1.82, 2.24) is 9.97 Å². The Balaban J connectivity index is 1.89. The molecule has 5 nitrogen and oxygen atoms in total. The summed E-state index contributed by atoms with van der Waals surface area (Å²) in [6.07, 6.45) is 5.47. The summed E-state index contributed by atoms with van der Waals surface area (Å²) in [7, 11) is 0. The van der Waals surface area contributed by atoms with Gasteiger partial charge in [-0.15, -0.1) is 0 Å². The third-order valence-corrected chi connectivity index (χ3v) is 2.63. The van der Waals surface area contributed by atoms with Crippen molar-refractivity contribution in [3.05, 3.63) is 28.7 Å². The third-order valence-electron chi connectivity index (χ3n) is 2.22. The van der Waals surface area contributed by atoms with Crippen LogP contribution in [0, 0.1) is 5.92 Å². The van der Waals surface area contributed by atoms with Crippen molar-refractivity contribution >= 4 is 21.9 Å². The van der Waals surface area contributed by atoms with Crippen LogP contribution in [-0.2, 0) is 9.53 Å². The predicted octanol–water partition coefficient (Wildman–Crippen LogP) is 2.08. The van der Waals surface area contributed by atoms with Crippen LogP contribution in [0.5, 0.6) is 6.01 Å². The SMILES string of the molecule is CCOC(=O)C1C=C(Oc2ncc(Br)cn2)C1. The van der Waals surface area contributed by atoms with Crippen LogP contribution in [0.3, 0.4) is 0 Å². The van der Waals surface area contributed by atoms with Crippen molar-refractivity contribution in [2.45, 2.75) is 13.3 Å². The molecule has 1 atom stereocenters. The number of nitrogens with zero attached hydrogens (tertiary/aromatic N) is 2. The summed E-state index contributed by atoms with van der Waals surface area (Å²) in [6, 6.07) is 0.279. The minimum absolute atomic E-state index is 0.194. The van der Waals surface area contributed by atoms with E-state index in [9.17, 15) is 4.79 Å². The fraction of sp³-hybridized carbons (Fsp3) is 0.364. The van der Waals surface area contributed by atoms with E-state index in [1.807, 2.05) is 0 Å². The van der Waals surface area contributed by atoms with Gasteiger partial charge in [0.25, 0.3) is 0 Å². The standard InChI is InChI=1S/C11H11BrN2O3/c1-2-16-10(15)7-3-9(4-7)17-11-13-5-8(12)6-14-11/h3,5-7H,2,4H2,1H3. The van der Waals surface area contributed by atoms with Crippen LogP contribution < -0.4 is 4.74 Å². The van der Waals surface area contributed by atoms with Gasteiger partial charge < -0.3 is 9.47 Å². The summed E-state index contributed by atoms with van der Waals surface area (Å²) < 4.78 is 11.0. The molecule has 0 radical (unpaired) electrons. The lowest BCUT2D eigenvalue weighted by Gasteiger charge is -2.22. The van der Waals surface area contributed by atoms with Gasteiger partial charge in [-0.3, -0.25) is 4.79 Å². The Morgan fingerprint density at radius 2 is 2.18 bits per heavy atom. The van der Waals surface area contributed by atoms with Gasteiger partial charge in [0, 0.05) is 18.8 Å². The van der Waals surface area contributed by atoms with Crippen LogP contribution in [-0.4, -0.2) is 22.5 Å². The number of carbonyl (C=O) groups is 1. The molecule has 0 N–H and O–H groups in total. The normalized spacial score (nSPS) is 18.0. The molecule has 17 heavy (non-hydrogen) atoms. The van der Waals surface area contributed by atoms with Crippen LogP contribution in [0.1, 0.15) is 13.3 Å². The van der Waals surface area contributed by atoms with Gasteiger partial charge >= 0.3 is 12.0 Å². The van der Waals surface area contributed by atoms with Gasteiger partial charge in [0.15, 0.2) is 0 Å². The molecule has 1 aliphatic carbocycles. The van der Waals surface area contributed by atoms with Gasteiger partial charge in [-0.1, -0.05) is 0 Å². The number of hydrogen-bond acceptors (Lipinski definition) is 5. The Morgan fingerprint density at radius 3 is 2.76 bits per heavy atom. The topological polar surface area (TPSA) is 61.3 Å². The Bertz CT molecular complexity index is 445. The van der Waals surface area contributed by atoms with Crippen LogP contribution in [0.2, 0.25) is 0 Å². The number of carbonyl (C=O) groups excluding carboxylic acids is 1. The minimum atomic E-state index is -0.212. The maximum absolute atomic E-state index is 11.3. The molecule has 0 spiro atoms. The molecular formula is C11H11BrN2O3. The van der Waals surface area contributed by atoms with Crippen molar-refractivity contribution in [1.29, 1.82) is 0 Å². The molecule has 1 heterocycles. The lowest BCUT2D eigenvalue weighted by Crippen LogP contribution is -2.25. The number of halogens is 1. The highest BCUT2D eigenvalue weighted by atomic mass is 79.9. The Morgan fingerprint density at radius 1 is 1.53 bits per heavy atom. The van der Waals surface area contributed by atoms with Crippen LogP contribution >= 0.6 is 15.9 Å². The quantitative estimate of drug-likeness (QED) is 0.797. The van der Waals surface area contributed by atoms with Crippen molar-refractivity contribution in [3.63, 3.8) is 0 Å². The number of hydrogen-bond donors (Lipinski definition) is 0. The predicted molar refractivity (Wildman–Crippen MR) is 63.2 cm³/mol. The van der Waals surface area contributed by atoms with Crippen molar-refractivity contribution in [3.8, 4) is 6.01 Å². The molecule has 0 saturated carbocycles. The lowest BCUT2D eigenvalue weighted by molar-refractivity contribution is -0.147. The summed E-state index contributed by atoms with van der Waals surface area (Å²) in [5.74, 6) is 0.294. The highest BCUT2D eigenvalue weighted by molar-refractivity contribution is 9.10. The van der Waals surface area contributed by atoms with E-state index in [0.717, 1.165) is 4.47 Å². The molecule has 90 valence electrons. The zero-order chi connectivity index (χ0) is 12.3. The summed E-state index contributed by atoms with van der Waals surface area (Å²) in [5.41, 5.74) is 0. The average molecular weight is 299 g/mol. The highest BCUT2D eigenvalue weighted by Gasteiger charge is 2.29. The fourth-order valence-electron chi connectivity index (χ4n) is 1.35. The first-order chi connectivity index (χ1) is 8.19. The molecule has 1 aromatic heterocycles. The Labute approximate surface area is 107 Å². The van der Waals surface area contributed by atoms with Gasteiger partial charge in [0.05, 0.1) is 17.0 Å². The van der Waals surface area contributed by atoms with Gasteiger partial charge in [0.2, 0.25) is 0 Å². The molecule has 0 aromatic carbocycles. The molecule has 0 fully saturated rings. The number of aromatic nitrogens is 2. The van der Waals surface area contributed by atoms with Crippen molar-refractivity contribution in [2.75, 3.05) is 6.61 Å². The van der Waals surface area contributed by atoms with Gasteiger partial charge in [0.1, 0.15) is 5.76 Å². The molecular weight excluding hydrogens is 288 g/mol. The summed E-state index contributed by atoms with van der Waals surface area (Å²) in [4.78, 5) is 19.2. The molecule has 1 unspecified atom stereocenters. The lowest BCUT2D eigenvalue weighted by atomic mass is 9.93. The van der Waals surface area contributed by atoms with E-state index in [4.69, 9.17) is 9.47 Å². The molecule has 6 heteroatoms. The van der Waals surface area contributed by atoms with E-state index >= 15 is 0 Å². The van der Waals surface area contributed by atoms with Gasteiger partial charge in [-0.25, -0.2) is 9.97 Å². The molecule has 1 aromatic rings. The zero-order valence-electron chi connectivity index (χ0n) is 9.22. The maximum Gasteiger partial charge on any atom is 0.321 e. The summed E-state index contributed by atoms with van der Waals surface area (Å²) in [5, 5.41) is 0. The number of allylic oxidation sites excluding steroid dienone is 1. The van der Waals surface area contributed by atoms with Crippen LogP contribution in [0.4, 0.5) is 0 Å². The van der Waals surface area contributed by atoms with Gasteiger partial charge in [-0.2, -0.15) is 0 Å². The van der Waals surface area contributed by atoms with E-state index in [0.29, 0.717) is 18.8 Å². The fourth-order valence-corrected chi connectivity index (χ4v) is 1.56. The number of rotatable bonds is 4. The van der Waals surface area contributed by atoms with E-state index < -0.39 is 0 Å². The van der Waals surface area contributed by atoms with E-state index in [-0.39, 0.29) is 17.9 Å². The molecule has 2 rings (SSSR count). The first kappa shape index (κ1) is 12.0. The summed E-state index contributed by atoms with van der Waals surface area (Å²) >= 11 is 3.23. The largest absolute Gasteiger partial charge is 0.466 e. The first-order valence-corrected chi connectivity index (χ1v) is 6.01. The number of esters is 1. The second-order valence-corrected chi connectivity index (χ2v) is 4.40. The van der Waals surface area contributed by atoms with Crippen LogP contribution in [0.15, 0.2) is 28.7 Å². The molecule has 0 amide bonds. The Kier molecular flexibility index (Phi) is 3.73. The molecule has 1 aliphatic rings. The molecule has 0 bridgehead atoms. The van der Waals surface area contributed by atoms with Crippen molar-refractivity contribution in [2.24, 2.45) is 5.92 Å². The zero-order valence-corrected chi connectivity index (χ0v) is 10.8. The van der Waals surface area contributed by atoms with E-state index in [1.54, 1.807) is 25.4 Å². The monoisotopic (exact) mass is 298 g/mol. The second kappa shape index (κ2) is 5.27. The van der Waals surface area contributed by atoms with Crippen LogP contribution in [0.25, 0.3) is 0 Å². The summed E-state index contributed by atoms with van der Waals surface area (Å²) in [6.45, 7) is 2.18.